The number of hydrogen-bond acceptors (Lipinski definition) is 4. The summed E-state index contributed by atoms with van der Waals surface area (Å²) in [4.78, 5) is 21.6. The molecule has 5 heteroatoms. The maximum absolute atomic E-state index is 12.1. The number of rotatable bonds is 3. The van der Waals surface area contributed by atoms with Crippen LogP contribution >= 0.6 is 0 Å². The SMILES string of the molecule is O=C(Nc1ccccc1)ON1CCCCC1c1ccncc1. The predicted octanol–water partition coefficient (Wildman–Crippen LogP) is 3.77. The molecule has 1 fully saturated rings. The van der Waals surface area contributed by atoms with Crippen LogP contribution in [0, 0.1) is 0 Å². The van der Waals surface area contributed by atoms with Crippen LogP contribution < -0.4 is 5.32 Å². The second kappa shape index (κ2) is 7.04. The lowest BCUT2D eigenvalue weighted by atomic mass is 9.98. The number of carbonyl (C=O) groups excluding carboxylic acids is 1. The van der Waals surface area contributed by atoms with Crippen LogP contribution in [-0.2, 0) is 4.84 Å². The number of anilines is 1. The van der Waals surface area contributed by atoms with Gasteiger partial charge in [0.25, 0.3) is 0 Å². The Morgan fingerprint density at radius 2 is 1.91 bits per heavy atom. The minimum Gasteiger partial charge on any atom is -0.350 e. The van der Waals surface area contributed by atoms with E-state index >= 15 is 0 Å². The van der Waals surface area contributed by atoms with Gasteiger partial charge in [-0.1, -0.05) is 24.6 Å². The van der Waals surface area contributed by atoms with Gasteiger partial charge in [-0.15, -0.1) is 5.06 Å². The van der Waals surface area contributed by atoms with Crippen molar-refractivity contribution in [2.45, 2.75) is 25.3 Å². The first-order valence-corrected chi connectivity index (χ1v) is 7.53. The van der Waals surface area contributed by atoms with Gasteiger partial charge < -0.3 is 4.84 Å². The van der Waals surface area contributed by atoms with Crippen molar-refractivity contribution in [1.29, 1.82) is 0 Å². The van der Waals surface area contributed by atoms with Gasteiger partial charge in [0.05, 0.1) is 6.04 Å². The third-order valence-electron chi connectivity index (χ3n) is 3.76. The number of hydroxylamine groups is 2. The fraction of sp³-hybridized carbons (Fsp3) is 0.294. The lowest BCUT2D eigenvalue weighted by Crippen LogP contribution is -2.36. The van der Waals surface area contributed by atoms with Crippen molar-refractivity contribution in [3.8, 4) is 0 Å². The molecule has 2 aromatic rings. The second-order valence-electron chi connectivity index (χ2n) is 5.30. The largest absolute Gasteiger partial charge is 0.430 e. The summed E-state index contributed by atoms with van der Waals surface area (Å²) < 4.78 is 0. The zero-order valence-corrected chi connectivity index (χ0v) is 12.3. The molecule has 0 radical (unpaired) electrons. The van der Waals surface area contributed by atoms with E-state index in [0.29, 0.717) is 0 Å². The molecule has 1 N–H and O–H groups in total. The number of hydrogen-bond donors (Lipinski definition) is 1. The fourth-order valence-electron chi connectivity index (χ4n) is 2.70. The van der Waals surface area contributed by atoms with Crippen LogP contribution in [0.5, 0.6) is 0 Å². The smallest absolute Gasteiger partial charge is 0.350 e. The number of nitrogens with one attached hydrogen (secondary N) is 1. The molecule has 0 saturated carbocycles. The van der Waals surface area contributed by atoms with Crippen LogP contribution in [0.25, 0.3) is 0 Å². The highest BCUT2D eigenvalue weighted by atomic mass is 16.7. The highest BCUT2D eigenvalue weighted by Crippen LogP contribution is 2.30. The molecule has 1 unspecified atom stereocenters. The van der Waals surface area contributed by atoms with Gasteiger partial charge in [0.1, 0.15) is 0 Å². The first-order chi connectivity index (χ1) is 10.8. The Morgan fingerprint density at radius 3 is 2.68 bits per heavy atom. The summed E-state index contributed by atoms with van der Waals surface area (Å²) in [6.45, 7) is 0.745. The van der Waals surface area contributed by atoms with Crippen LogP contribution in [0.3, 0.4) is 0 Å². The summed E-state index contributed by atoms with van der Waals surface area (Å²) in [5.41, 5.74) is 1.85. The number of para-hydroxylation sites is 1. The predicted molar refractivity (Wildman–Crippen MR) is 84.1 cm³/mol. The molecule has 5 nitrogen and oxygen atoms in total. The maximum atomic E-state index is 12.1. The van der Waals surface area contributed by atoms with E-state index in [-0.39, 0.29) is 6.04 Å². The summed E-state index contributed by atoms with van der Waals surface area (Å²) in [6.07, 6.45) is 6.22. The van der Waals surface area contributed by atoms with Crippen molar-refractivity contribution >= 4 is 11.8 Å². The van der Waals surface area contributed by atoms with Crippen molar-refractivity contribution in [3.05, 3.63) is 60.4 Å². The molecular weight excluding hydrogens is 278 g/mol. The number of benzene rings is 1. The van der Waals surface area contributed by atoms with Crippen LogP contribution in [0.2, 0.25) is 0 Å². The molecule has 1 saturated heterocycles. The van der Waals surface area contributed by atoms with Crippen molar-refractivity contribution in [2.24, 2.45) is 0 Å². The standard InChI is InChI=1S/C17H19N3O2/c21-17(19-15-6-2-1-3-7-15)22-20-13-5-4-8-16(20)14-9-11-18-12-10-14/h1-3,6-7,9-12,16H,4-5,8,13H2,(H,19,21). The summed E-state index contributed by atoms with van der Waals surface area (Å²) in [6, 6.07) is 13.4. The maximum Gasteiger partial charge on any atom is 0.430 e. The molecule has 0 spiro atoms. The zero-order chi connectivity index (χ0) is 15.2. The molecule has 1 amide bonds. The molecular formula is C17H19N3O2. The quantitative estimate of drug-likeness (QED) is 0.937. The minimum atomic E-state index is -0.452. The summed E-state index contributed by atoms with van der Waals surface area (Å²) in [5.74, 6) is 0. The molecule has 1 aliphatic rings. The third kappa shape index (κ3) is 3.62. The van der Waals surface area contributed by atoms with E-state index in [9.17, 15) is 4.79 Å². The van der Waals surface area contributed by atoms with Gasteiger partial charge in [0.2, 0.25) is 0 Å². The first kappa shape index (κ1) is 14.5. The van der Waals surface area contributed by atoms with E-state index < -0.39 is 6.09 Å². The molecule has 1 aromatic heterocycles. The molecule has 1 atom stereocenters. The Labute approximate surface area is 129 Å². The van der Waals surface area contributed by atoms with E-state index in [1.54, 1.807) is 17.5 Å². The molecule has 114 valence electrons. The van der Waals surface area contributed by atoms with Crippen molar-refractivity contribution < 1.29 is 9.63 Å². The van der Waals surface area contributed by atoms with Crippen LogP contribution in [0.1, 0.15) is 30.9 Å². The number of piperidine rings is 1. The van der Waals surface area contributed by atoms with Crippen molar-refractivity contribution in [3.63, 3.8) is 0 Å². The molecule has 1 aliphatic heterocycles. The van der Waals surface area contributed by atoms with E-state index in [1.807, 2.05) is 42.5 Å². The third-order valence-corrected chi connectivity index (χ3v) is 3.76. The van der Waals surface area contributed by atoms with E-state index in [2.05, 4.69) is 10.3 Å². The average molecular weight is 297 g/mol. The summed E-state index contributed by atoms with van der Waals surface area (Å²) in [7, 11) is 0. The minimum absolute atomic E-state index is 0.0956. The second-order valence-corrected chi connectivity index (χ2v) is 5.30. The molecule has 0 aliphatic carbocycles. The van der Waals surface area contributed by atoms with Gasteiger partial charge in [-0.25, -0.2) is 4.79 Å². The van der Waals surface area contributed by atoms with Gasteiger partial charge in [0, 0.05) is 24.6 Å². The highest BCUT2D eigenvalue weighted by molar-refractivity contribution is 5.84. The van der Waals surface area contributed by atoms with E-state index in [1.165, 1.54) is 0 Å². The number of amides is 1. The van der Waals surface area contributed by atoms with Crippen LogP contribution in [0.15, 0.2) is 54.9 Å². The Morgan fingerprint density at radius 1 is 1.14 bits per heavy atom. The molecule has 2 heterocycles. The molecule has 22 heavy (non-hydrogen) atoms. The average Bonchev–Trinajstić information content (AvgIpc) is 2.57. The summed E-state index contributed by atoms with van der Waals surface area (Å²) in [5, 5.41) is 4.52. The van der Waals surface area contributed by atoms with Crippen molar-refractivity contribution in [2.75, 3.05) is 11.9 Å². The Bertz CT molecular complexity index is 604. The van der Waals surface area contributed by atoms with Gasteiger partial charge in [-0.3, -0.25) is 10.3 Å². The number of nitrogens with zero attached hydrogens (tertiary/aromatic N) is 2. The lowest BCUT2D eigenvalue weighted by Gasteiger charge is -2.33. The Kier molecular flexibility index (Phi) is 4.65. The molecule has 3 rings (SSSR count). The van der Waals surface area contributed by atoms with E-state index in [4.69, 9.17) is 4.84 Å². The van der Waals surface area contributed by atoms with Gasteiger partial charge in [0.15, 0.2) is 0 Å². The molecule has 1 aromatic carbocycles. The number of aromatic nitrogens is 1. The topological polar surface area (TPSA) is 54.5 Å². The van der Waals surface area contributed by atoms with Crippen LogP contribution in [0.4, 0.5) is 10.5 Å². The van der Waals surface area contributed by atoms with Crippen LogP contribution in [-0.4, -0.2) is 22.7 Å². The van der Waals surface area contributed by atoms with Gasteiger partial charge in [-0.05, 0) is 42.7 Å². The highest BCUT2D eigenvalue weighted by Gasteiger charge is 2.27. The van der Waals surface area contributed by atoms with Crippen molar-refractivity contribution in [1.82, 2.24) is 10.0 Å². The number of pyridine rings is 1. The van der Waals surface area contributed by atoms with Gasteiger partial charge >= 0.3 is 6.09 Å². The van der Waals surface area contributed by atoms with E-state index in [0.717, 1.165) is 37.1 Å². The Balaban J connectivity index is 1.65. The summed E-state index contributed by atoms with van der Waals surface area (Å²) >= 11 is 0. The normalized spacial score (nSPS) is 18.6. The Hall–Kier alpha value is -2.40. The monoisotopic (exact) mass is 297 g/mol. The molecule has 0 bridgehead atoms. The van der Waals surface area contributed by atoms with Gasteiger partial charge in [-0.2, -0.15) is 0 Å². The fourth-order valence-corrected chi connectivity index (χ4v) is 2.70. The zero-order valence-electron chi connectivity index (χ0n) is 12.3. The number of carbonyl (C=O) groups is 1. The first-order valence-electron chi connectivity index (χ1n) is 7.53. The lowest BCUT2D eigenvalue weighted by molar-refractivity contribution is -0.142.